The predicted octanol–water partition coefficient (Wildman–Crippen LogP) is 3.46. The van der Waals surface area contributed by atoms with Crippen LogP contribution in [0.2, 0.25) is 0 Å². The van der Waals surface area contributed by atoms with Crippen molar-refractivity contribution in [2.75, 3.05) is 6.61 Å². The standard InChI is InChI=1S/C18H17FN2O4/c1-2-25-17-6-4-3-5-14(17)12-20-18(22)10-8-13-7-9-15(19)11-16(13)21(23)24/h3-11H,2,12H2,1H3,(H,20,22). The smallest absolute Gasteiger partial charge is 0.279 e. The van der Waals surface area contributed by atoms with Gasteiger partial charge in [0.25, 0.3) is 5.69 Å². The van der Waals surface area contributed by atoms with Crippen LogP contribution >= 0.6 is 0 Å². The Labute approximate surface area is 144 Å². The molecule has 0 spiro atoms. The zero-order chi connectivity index (χ0) is 18.2. The molecule has 2 aromatic rings. The fourth-order valence-corrected chi connectivity index (χ4v) is 2.17. The number of nitro benzene ring substituents is 1. The molecular weight excluding hydrogens is 327 g/mol. The molecule has 0 aromatic heterocycles. The molecule has 25 heavy (non-hydrogen) atoms. The lowest BCUT2D eigenvalue weighted by Gasteiger charge is -2.10. The Balaban J connectivity index is 2.04. The number of carbonyl (C=O) groups excluding carboxylic acids is 1. The van der Waals surface area contributed by atoms with Crippen LogP contribution in [0, 0.1) is 15.9 Å². The van der Waals surface area contributed by atoms with Crippen molar-refractivity contribution in [1.29, 1.82) is 0 Å². The van der Waals surface area contributed by atoms with Crippen molar-refractivity contribution >= 4 is 17.7 Å². The molecule has 0 bridgehead atoms. The first-order chi connectivity index (χ1) is 12.0. The van der Waals surface area contributed by atoms with E-state index in [9.17, 15) is 19.3 Å². The third-order valence-electron chi connectivity index (χ3n) is 3.33. The SMILES string of the molecule is CCOc1ccccc1CNC(=O)C=Cc1ccc(F)cc1[N+](=O)[O-]. The number of para-hydroxylation sites is 1. The highest BCUT2D eigenvalue weighted by atomic mass is 19.1. The van der Waals surface area contributed by atoms with Crippen LogP contribution in [0.5, 0.6) is 5.75 Å². The molecule has 0 saturated carbocycles. The zero-order valence-corrected chi connectivity index (χ0v) is 13.6. The quantitative estimate of drug-likeness (QED) is 0.474. The van der Waals surface area contributed by atoms with E-state index in [0.29, 0.717) is 12.4 Å². The first-order valence-electron chi connectivity index (χ1n) is 7.61. The van der Waals surface area contributed by atoms with E-state index < -0.39 is 22.3 Å². The molecule has 130 valence electrons. The summed E-state index contributed by atoms with van der Waals surface area (Å²) in [6.45, 7) is 2.64. The van der Waals surface area contributed by atoms with Crippen LogP contribution in [0.25, 0.3) is 6.08 Å². The van der Waals surface area contributed by atoms with Crippen molar-refractivity contribution in [3.63, 3.8) is 0 Å². The number of nitro groups is 1. The van der Waals surface area contributed by atoms with Gasteiger partial charge in [0.05, 0.1) is 23.2 Å². The first kappa shape index (κ1) is 18.1. The lowest BCUT2D eigenvalue weighted by Crippen LogP contribution is -2.20. The second-order valence-electron chi connectivity index (χ2n) is 5.05. The van der Waals surface area contributed by atoms with Crippen LogP contribution in [-0.2, 0) is 11.3 Å². The van der Waals surface area contributed by atoms with Gasteiger partial charge in [0, 0.05) is 18.2 Å². The zero-order valence-electron chi connectivity index (χ0n) is 13.6. The molecule has 7 heteroatoms. The highest BCUT2D eigenvalue weighted by Crippen LogP contribution is 2.21. The summed E-state index contributed by atoms with van der Waals surface area (Å²) in [7, 11) is 0. The summed E-state index contributed by atoms with van der Waals surface area (Å²) in [6, 6.07) is 10.5. The molecule has 0 aliphatic heterocycles. The van der Waals surface area contributed by atoms with Crippen LogP contribution in [-0.4, -0.2) is 17.4 Å². The number of rotatable bonds is 7. The maximum atomic E-state index is 13.1. The Morgan fingerprint density at radius 3 is 2.80 bits per heavy atom. The molecule has 1 amide bonds. The van der Waals surface area contributed by atoms with Gasteiger partial charge in [-0.2, -0.15) is 0 Å². The van der Waals surface area contributed by atoms with Crippen molar-refractivity contribution in [2.24, 2.45) is 0 Å². The third kappa shape index (κ3) is 5.13. The van der Waals surface area contributed by atoms with Gasteiger partial charge in [0.1, 0.15) is 11.6 Å². The van der Waals surface area contributed by atoms with E-state index in [2.05, 4.69) is 5.32 Å². The number of halogens is 1. The molecule has 2 rings (SSSR count). The van der Waals surface area contributed by atoms with E-state index >= 15 is 0 Å². The molecule has 0 radical (unpaired) electrons. The van der Waals surface area contributed by atoms with Gasteiger partial charge in [-0.15, -0.1) is 0 Å². The van der Waals surface area contributed by atoms with Crippen molar-refractivity contribution in [2.45, 2.75) is 13.5 Å². The molecule has 0 aliphatic carbocycles. The van der Waals surface area contributed by atoms with E-state index in [4.69, 9.17) is 4.74 Å². The Morgan fingerprint density at radius 1 is 1.32 bits per heavy atom. The fourth-order valence-electron chi connectivity index (χ4n) is 2.17. The highest BCUT2D eigenvalue weighted by Gasteiger charge is 2.13. The maximum Gasteiger partial charge on any atom is 0.279 e. The molecule has 0 atom stereocenters. The second-order valence-corrected chi connectivity index (χ2v) is 5.05. The van der Waals surface area contributed by atoms with Gasteiger partial charge in [0.2, 0.25) is 5.91 Å². The molecule has 0 fully saturated rings. The Morgan fingerprint density at radius 2 is 2.08 bits per heavy atom. The minimum atomic E-state index is -0.708. The van der Waals surface area contributed by atoms with Crippen LogP contribution in [0.1, 0.15) is 18.1 Å². The number of amides is 1. The van der Waals surface area contributed by atoms with Gasteiger partial charge >= 0.3 is 0 Å². The van der Waals surface area contributed by atoms with Crippen molar-refractivity contribution < 1.29 is 18.8 Å². The van der Waals surface area contributed by atoms with Gasteiger partial charge in [-0.1, -0.05) is 18.2 Å². The highest BCUT2D eigenvalue weighted by molar-refractivity contribution is 5.92. The van der Waals surface area contributed by atoms with Crippen molar-refractivity contribution in [3.05, 3.63) is 75.6 Å². The summed E-state index contributed by atoms with van der Waals surface area (Å²) in [4.78, 5) is 22.1. The monoisotopic (exact) mass is 344 g/mol. The van der Waals surface area contributed by atoms with Crippen LogP contribution in [0.3, 0.4) is 0 Å². The number of carbonyl (C=O) groups is 1. The van der Waals surface area contributed by atoms with E-state index in [-0.39, 0.29) is 12.1 Å². The average molecular weight is 344 g/mol. The minimum absolute atomic E-state index is 0.149. The van der Waals surface area contributed by atoms with Crippen LogP contribution < -0.4 is 10.1 Å². The first-order valence-corrected chi connectivity index (χ1v) is 7.61. The van der Waals surface area contributed by atoms with Crippen molar-refractivity contribution in [1.82, 2.24) is 5.32 Å². The number of ether oxygens (including phenoxy) is 1. The van der Waals surface area contributed by atoms with Gasteiger partial charge in [-0.25, -0.2) is 4.39 Å². The number of hydrogen-bond acceptors (Lipinski definition) is 4. The topological polar surface area (TPSA) is 81.5 Å². The summed E-state index contributed by atoms with van der Waals surface area (Å²) in [5.41, 5.74) is 0.570. The molecule has 1 N–H and O–H groups in total. The summed E-state index contributed by atoms with van der Waals surface area (Å²) in [5, 5.41) is 13.6. The lowest BCUT2D eigenvalue weighted by molar-refractivity contribution is -0.385. The van der Waals surface area contributed by atoms with Crippen molar-refractivity contribution in [3.8, 4) is 5.75 Å². The molecule has 0 aliphatic rings. The van der Waals surface area contributed by atoms with Crippen LogP contribution in [0.4, 0.5) is 10.1 Å². The molecule has 0 heterocycles. The lowest BCUT2D eigenvalue weighted by atomic mass is 10.1. The fraction of sp³-hybridized carbons (Fsp3) is 0.167. The van der Waals surface area contributed by atoms with Gasteiger partial charge in [-0.05, 0) is 31.2 Å². The van der Waals surface area contributed by atoms with Gasteiger partial charge in [-0.3, -0.25) is 14.9 Å². The molecule has 0 saturated heterocycles. The summed E-state index contributed by atoms with van der Waals surface area (Å²) >= 11 is 0. The van der Waals surface area contributed by atoms with E-state index in [1.54, 1.807) is 0 Å². The molecule has 2 aromatic carbocycles. The molecule has 6 nitrogen and oxygen atoms in total. The van der Waals surface area contributed by atoms with E-state index in [0.717, 1.165) is 17.7 Å². The summed E-state index contributed by atoms with van der Waals surface area (Å²) in [5.74, 6) is -0.450. The number of benzene rings is 2. The Bertz CT molecular complexity index is 805. The second kappa shape index (κ2) is 8.58. The molecule has 0 unspecified atom stereocenters. The van der Waals surface area contributed by atoms with E-state index in [1.165, 1.54) is 18.2 Å². The van der Waals surface area contributed by atoms with E-state index in [1.807, 2.05) is 31.2 Å². The van der Waals surface area contributed by atoms with Crippen LogP contribution in [0.15, 0.2) is 48.5 Å². The minimum Gasteiger partial charge on any atom is -0.494 e. The normalized spacial score (nSPS) is 10.6. The third-order valence-corrected chi connectivity index (χ3v) is 3.33. The van der Waals surface area contributed by atoms with Gasteiger partial charge < -0.3 is 10.1 Å². The Kier molecular flexibility index (Phi) is 6.22. The number of nitrogens with one attached hydrogen (secondary N) is 1. The molecular formula is C18H17FN2O4. The largest absolute Gasteiger partial charge is 0.494 e. The predicted molar refractivity (Wildman–Crippen MR) is 91.5 cm³/mol. The van der Waals surface area contributed by atoms with Gasteiger partial charge in [0.15, 0.2) is 0 Å². The number of nitrogens with zero attached hydrogens (tertiary/aromatic N) is 1. The summed E-state index contributed by atoms with van der Waals surface area (Å²) in [6.07, 6.45) is 2.45. The summed E-state index contributed by atoms with van der Waals surface area (Å²) < 4.78 is 18.6. The number of hydrogen-bond donors (Lipinski definition) is 1. The average Bonchev–Trinajstić information content (AvgIpc) is 2.60. The maximum absolute atomic E-state index is 13.1. The Hall–Kier alpha value is -3.22.